The second-order valence-electron chi connectivity index (χ2n) is 7.06. The van der Waals surface area contributed by atoms with Crippen LogP contribution in [0, 0.1) is 0 Å². The minimum Gasteiger partial charge on any atom is -0.497 e. The van der Waals surface area contributed by atoms with Crippen LogP contribution in [-0.2, 0) is 11.2 Å². The average Bonchev–Trinajstić information content (AvgIpc) is 2.67. The predicted octanol–water partition coefficient (Wildman–Crippen LogP) is 3.62. The molecule has 3 rings (SSSR count). The summed E-state index contributed by atoms with van der Waals surface area (Å²) in [5.41, 5.74) is 2.60. The molecule has 0 bridgehead atoms. The molecule has 1 N–H and O–H groups in total. The normalized spacial score (nSPS) is 16.3. The van der Waals surface area contributed by atoms with Crippen LogP contribution in [0.25, 0.3) is 0 Å². The fourth-order valence-electron chi connectivity index (χ4n) is 3.23. The number of nitrogens with zero attached hydrogens (tertiary/aromatic N) is 2. The minimum atomic E-state index is 0.106. The number of ether oxygens (including phenoxy) is 2. The molecule has 1 aliphatic carbocycles. The Labute approximate surface area is 160 Å². The van der Waals surface area contributed by atoms with Gasteiger partial charge < -0.3 is 14.8 Å². The Bertz CT molecular complexity index is 775. The molecule has 6 nitrogen and oxygen atoms in total. The molecule has 0 saturated carbocycles. The van der Waals surface area contributed by atoms with E-state index in [-0.39, 0.29) is 17.8 Å². The van der Waals surface area contributed by atoms with Gasteiger partial charge in [-0.1, -0.05) is 12.1 Å². The summed E-state index contributed by atoms with van der Waals surface area (Å²) in [6.45, 7) is 5.49. The third kappa shape index (κ3) is 5.04. The third-order valence-electron chi connectivity index (χ3n) is 4.68. The van der Waals surface area contributed by atoms with E-state index in [0.717, 1.165) is 36.4 Å². The van der Waals surface area contributed by atoms with E-state index in [2.05, 4.69) is 15.3 Å². The fourth-order valence-corrected chi connectivity index (χ4v) is 3.23. The van der Waals surface area contributed by atoms with Gasteiger partial charge in [-0.05, 0) is 50.3 Å². The highest BCUT2D eigenvalue weighted by Gasteiger charge is 2.28. The van der Waals surface area contributed by atoms with Crippen LogP contribution in [0.3, 0.4) is 0 Å². The molecule has 144 valence electrons. The van der Waals surface area contributed by atoms with Crippen LogP contribution >= 0.6 is 0 Å². The maximum atomic E-state index is 12.5. The number of fused-ring (bicyclic) bond motifs is 1. The van der Waals surface area contributed by atoms with Gasteiger partial charge in [0.1, 0.15) is 5.75 Å². The summed E-state index contributed by atoms with van der Waals surface area (Å²) >= 11 is 0. The lowest BCUT2D eigenvalue weighted by Crippen LogP contribution is -2.21. The average molecular weight is 369 g/mol. The molecule has 0 radical (unpaired) electrons. The number of anilines is 1. The number of benzene rings is 1. The molecule has 1 aromatic carbocycles. The van der Waals surface area contributed by atoms with Gasteiger partial charge in [-0.25, -0.2) is 9.97 Å². The first-order valence-electron chi connectivity index (χ1n) is 9.45. The van der Waals surface area contributed by atoms with Crippen LogP contribution in [0.4, 0.5) is 5.95 Å². The summed E-state index contributed by atoms with van der Waals surface area (Å²) in [6.07, 6.45) is 4.00. The first-order chi connectivity index (χ1) is 13.1. The van der Waals surface area contributed by atoms with Gasteiger partial charge >= 0.3 is 0 Å². The monoisotopic (exact) mass is 369 g/mol. The standard InChI is InChI=1S/C21H27N3O3/c1-14(2)27-10-4-9-22-21-23-13-18-19(24-21)11-16(12-20(18)25)15-5-7-17(26-3)8-6-15/h5-8,13-14,16H,4,9-12H2,1-3H3,(H,22,23,24)/t16-/m1/s1. The van der Waals surface area contributed by atoms with E-state index in [1.54, 1.807) is 13.3 Å². The Morgan fingerprint density at radius 1 is 1.22 bits per heavy atom. The topological polar surface area (TPSA) is 73.3 Å². The zero-order chi connectivity index (χ0) is 19.2. The predicted molar refractivity (Wildman–Crippen MR) is 105 cm³/mol. The summed E-state index contributed by atoms with van der Waals surface area (Å²) in [6, 6.07) is 7.91. The van der Waals surface area contributed by atoms with Gasteiger partial charge in [-0.3, -0.25) is 4.79 Å². The number of carbonyl (C=O) groups excluding carboxylic acids is 1. The van der Waals surface area contributed by atoms with Crippen LogP contribution in [0.15, 0.2) is 30.5 Å². The Balaban J connectivity index is 1.65. The molecule has 0 amide bonds. The van der Waals surface area contributed by atoms with Crippen LogP contribution < -0.4 is 10.1 Å². The van der Waals surface area contributed by atoms with Crippen molar-refractivity contribution in [1.82, 2.24) is 9.97 Å². The number of carbonyl (C=O) groups is 1. The Hall–Kier alpha value is -2.47. The molecule has 0 spiro atoms. The van der Waals surface area contributed by atoms with Gasteiger partial charge in [0.2, 0.25) is 5.95 Å². The maximum absolute atomic E-state index is 12.5. The lowest BCUT2D eigenvalue weighted by molar-refractivity contribution is 0.0787. The van der Waals surface area contributed by atoms with Crippen molar-refractivity contribution in [3.63, 3.8) is 0 Å². The first kappa shape index (κ1) is 19.3. The first-order valence-corrected chi connectivity index (χ1v) is 9.45. The zero-order valence-corrected chi connectivity index (χ0v) is 16.2. The van der Waals surface area contributed by atoms with Crippen molar-refractivity contribution < 1.29 is 14.3 Å². The van der Waals surface area contributed by atoms with Crippen molar-refractivity contribution in [1.29, 1.82) is 0 Å². The lowest BCUT2D eigenvalue weighted by Gasteiger charge is -2.23. The number of methoxy groups -OCH3 is 1. The quantitative estimate of drug-likeness (QED) is 0.717. The van der Waals surface area contributed by atoms with E-state index in [0.29, 0.717) is 24.5 Å². The Morgan fingerprint density at radius 3 is 2.70 bits per heavy atom. The molecule has 1 heterocycles. The molecule has 0 fully saturated rings. The maximum Gasteiger partial charge on any atom is 0.222 e. The van der Waals surface area contributed by atoms with Gasteiger partial charge in [0, 0.05) is 25.8 Å². The Kier molecular flexibility index (Phi) is 6.40. The Morgan fingerprint density at radius 2 is 2.00 bits per heavy atom. The summed E-state index contributed by atoms with van der Waals surface area (Å²) in [5, 5.41) is 3.22. The largest absolute Gasteiger partial charge is 0.497 e. The number of aromatic nitrogens is 2. The van der Waals surface area contributed by atoms with Crippen LogP contribution in [0.1, 0.15) is 54.2 Å². The molecule has 0 saturated heterocycles. The summed E-state index contributed by atoms with van der Waals surface area (Å²) in [4.78, 5) is 21.4. The number of Topliss-reactive ketones (excluding diaryl/α,β-unsaturated/α-hetero) is 1. The molecule has 0 aliphatic heterocycles. The van der Waals surface area contributed by atoms with E-state index in [1.165, 1.54) is 0 Å². The highest BCUT2D eigenvalue weighted by molar-refractivity contribution is 5.98. The number of rotatable bonds is 8. The number of hydrogen-bond acceptors (Lipinski definition) is 6. The number of nitrogens with one attached hydrogen (secondary N) is 1. The van der Waals surface area contributed by atoms with Crippen molar-refractivity contribution in [3.05, 3.63) is 47.3 Å². The molecule has 6 heteroatoms. The van der Waals surface area contributed by atoms with E-state index in [4.69, 9.17) is 9.47 Å². The molecule has 1 aromatic heterocycles. The second kappa shape index (κ2) is 8.95. The molecular weight excluding hydrogens is 342 g/mol. The van der Waals surface area contributed by atoms with E-state index in [1.807, 2.05) is 38.1 Å². The van der Waals surface area contributed by atoms with Crippen molar-refractivity contribution >= 4 is 11.7 Å². The van der Waals surface area contributed by atoms with Gasteiger partial charge in [-0.15, -0.1) is 0 Å². The van der Waals surface area contributed by atoms with Crippen molar-refractivity contribution in [2.75, 3.05) is 25.6 Å². The highest BCUT2D eigenvalue weighted by atomic mass is 16.5. The SMILES string of the molecule is COc1ccc([C@H]2CC(=O)c3cnc(NCCCOC(C)C)nc3C2)cc1. The van der Waals surface area contributed by atoms with Gasteiger partial charge in [-0.2, -0.15) is 0 Å². The van der Waals surface area contributed by atoms with Crippen molar-refractivity contribution in [2.45, 2.75) is 45.1 Å². The van der Waals surface area contributed by atoms with Gasteiger partial charge in [0.05, 0.1) is 24.5 Å². The zero-order valence-electron chi connectivity index (χ0n) is 16.2. The summed E-state index contributed by atoms with van der Waals surface area (Å²) in [5.74, 6) is 1.63. The van der Waals surface area contributed by atoms with Crippen molar-refractivity contribution in [3.8, 4) is 5.75 Å². The highest BCUT2D eigenvalue weighted by Crippen LogP contribution is 2.32. The van der Waals surface area contributed by atoms with Crippen LogP contribution in [-0.4, -0.2) is 42.1 Å². The van der Waals surface area contributed by atoms with E-state index in [9.17, 15) is 4.79 Å². The van der Waals surface area contributed by atoms with Crippen LogP contribution in [0.5, 0.6) is 5.75 Å². The fraction of sp³-hybridized carbons (Fsp3) is 0.476. The van der Waals surface area contributed by atoms with Crippen LogP contribution in [0.2, 0.25) is 0 Å². The van der Waals surface area contributed by atoms with Crippen molar-refractivity contribution in [2.24, 2.45) is 0 Å². The molecule has 2 aromatic rings. The van der Waals surface area contributed by atoms with E-state index < -0.39 is 0 Å². The smallest absolute Gasteiger partial charge is 0.222 e. The molecule has 0 unspecified atom stereocenters. The summed E-state index contributed by atoms with van der Waals surface area (Å²) in [7, 11) is 1.65. The molecule has 1 atom stereocenters. The number of hydrogen-bond donors (Lipinski definition) is 1. The minimum absolute atomic E-state index is 0.106. The number of ketones is 1. The lowest BCUT2D eigenvalue weighted by atomic mass is 9.82. The second-order valence-corrected chi connectivity index (χ2v) is 7.06. The molecular formula is C21H27N3O3. The molecule has 27 heavy (non-hydrogen) atoms. The molecule has 1 aliphatic rings. The van der Waals surface area contributed by atoms with Gasteiger partial charge in [0.15, 0.2) is 5.78 Å². The van der Waals surface area contributed by atoms with Gasteiger partial charge in [0.25, 0.3) is 0 Å². The third-order valence-corrected chi connectivity index (χ3v) is 4.68. The summed E-state index contributed by atoms with van der Waals surface area (Å²) < 4.78 is 10.7. The van der Waals surface area contributed by atoms with E-state index >= 15 is 0 Å².